The van der Waals surface area contributed by atoms with Crippen LogP contribution in [0.3, 0.4) is 0 Å². The summed E-state index contributed by atoms with van der Waals surface area (Å²) in [4.78, 5) is 16.8. The largest absolute Gasteiger partial charge is 0.493 e. The first-order valence-electron chi connectivity index (χ1n) is 8.22. The zero-order chi connectivity index (χ0) is 17.9. The zero-order valence-electron chi connectivity index (χ0n) is 13.9. The molecule has 0 atom stereocenters. The van der Waals surface area contributed by atoms with Gasteiger partial charge in [-0.2, -0.15) is 0 Å². The molecule has 3 aromatic rings. The maximum Gasteiger partial charge on any atom is 0.251 e. The summed E-state index contributed by atoms with van der Waals surface area (Å²) < 4.78 is 8.76. The van der Waals surface area contributed by atoms with Crippen LogP contribution >= 0.6 is 22.6 Å². The van der Waals surface area contributed by atoms with Crippen LogP contribution in [0.4, 0.5) is 5.69 Å². The molecule has 1 amide bonds. The molecule has 1 N–H and O–H groups in total. The average molecular weight is 457 g/mol. The van der Waals surface area contributed by atoms with Gasteiger partial charge in [-0.3, -0.25) is 4.79 Å². The van der Waals surface area contributed by atoms with Gasteiger partial charge in [-0.05, 0) is 65.1 Å². The Bertz CT molecular complexity index is 980. The topological polar surface area (TPSA) is 56.2 Å². The molecule has 26 heavy (non-hydrogen) atoms. The predicted molar refractivity (Wildman–Crippen MR) is 109 cm³/mol. The maximum atomic E-state index is 12.8. The van der Waals surface area contributed by atoms with E-state index in [1.54, 1.807) is 12.5 Å². The summed E-state index contributed by atoms with van der Waals surface area (Å²) in [5, 5.41) is 2.99. The number of aromatic nitrogens is 2. The molecule has 0 saturated heterocycles. The zero-order valence-corrected chi connectivity index (χ0v) is 16.0. The number of hydrogen-bond acceptors (Lipinski definition) is 3. The Labute approximate surface area is 164 Å². The van der Waals surface area contributed by atoms with Crippen LogP contribution in [0.25, 0.3) is 11.8 Å². The lowest BCUT2D eigenvalue weighted by molar-refractivity contribution is -0.113. The minimum Gasteiger partial charge on any atom is -0.493 e. The van der Waals surface area contributed by atoms with E-state index in [1.165, 1.54) is 0 Å². The Hall–Kier alpha value is -2.61. The number of rotatable bonds is 3. The molecule has 1 aliphatic heterocycles. The molecule has 0 fully saturated rings. The number of nitrogens with one attached hydrogen (secondary N) is 1. The van der Waals surface area contributed by atoms with E-state index in [0.717, 1.165) is 26.3 Å². The normalized spacial score (nSPS) is 13.2. The molecular weight excluding hydrogens is 441 g/mol. The van der Waals surface area contributed by atoms with E-state index in [-0.39, 0.29) is 5.91 Å². The molecule has 0 aliphatic carbocycles. The molecule has 1 aromatic heterocycles. The fraction of sp³-hybridized carbons (Fsp3) is 0.100. The highest BCUT2D eigenvalue weighted by atomic mass is 127. The standard InChI is InChI=1S/C20H16IN3O2/c21-16-4-5-19-15(11-16)10-14(6-9-26-19)20(25)23-17-2-1-3-18(12-17)24-8-7-22-13-24/h1-5,7-8,10-13H,6,9H2,(H,23,25). The molecule has 0 saturated carbocycles. The minimum absolute atomic E-state index is 0.108. The summed E-state index contributed by atoms with van der Waals surface area (Å²) in [6.07, 6.45) is 7.80. The lowest BCUT2D eigenvalue weighted by Crippen LogP contribution is -2.15. The molecule has 2 heterocycles. The van der Waals surface area contributed by atoms with E-state index >= 15 is 0 Å². The van der Waals surface area contributed by atoms with E-state index in [9.17, 15) is 4.79 Å². The van der Waals surface area contributed by atoms with Gasteiger partial charge in [0.1, 0.15) is 5.75 Å². The molecule has 0 bridgehead atoms. The highest BCUT2D eigenvalue weighted by Crippen LogP contribution is 2.28. The molecule has 0 radical (unpaired) electrons. The van der Waals surface area contributed by atoms with Crippen molar-refractivity contribution in [2.75, 3.05) is 11.9 Å². The third-order valence-electron chi connectivity index (χ3n) is 4.13. The van der Waals surface area contributed by atoms with Gasteiger partial charge in [0.05, 0.1) is 12.9 Å². The van der Waals surface area contributed by atoms with Crippen LogP contribution in [0, 0.1) is 3.57 Å². The van der Waals surface area contributed by atoms with Crippen LogP contribution in [0.15, 0.2) is 66.8 Å². The third kappa shape index (κ3) is 3.65. The van der Waals surface area contributed by atoms with Crippen molar-refractivity contribution in [2.24, 2.45) is 0 Å². The smallest absolute Gasteiger partial charge is 0.251 e. The Balaban J connectivity index is 1.57. The molecule has 4 rings (SSSR count). The van der Waals surface area contributed by atoms with Gasteiger partial charge in [-0.1, -0.05) is 6.07 Å². The molecule has 0 spiro atoms. The Morgan fingerprint density at radius 1 is 1.23 bits per heavy atom. The minimum atomic E-state index is -0.108. The van der Waals surface area contributed by atoms with Crippen LogP contribution in [0.1, 0.15) is 12.0 Å². The molecule has 2 aromatic carbocycles. The van der Waals surface area contributed by atoms with Crippen LogP contribution < -0.4 is 10.1 Å². The number of imidazole rings is 1. The Kier molecular flexibility index (Phi) is 4.75. The van der Waals surface area contributed by atoms with Crippen molar-refractivity contribution in [1.82, 2.24) is 9.55 Å². The number of anilines is 1. The van der Waals surface area contributed by atoms with E-state index in [0.29, 0.717) is 18.6 Å². The number of nitrogens with zero attached hydrogens (tertiary/aromatic N) is 2. The van der Waals surface area contributed by atoms with Crippen LogP contribution in [0.2, 0.25) is 0 Å². The fourth-order valence-electron chi connectivity index (χ4n) is 2.84. The van der Waals surface area contributed by atoms with Gasteiger partial charge in [-0.25, -0.2) is 4.98 Å². The average Bonchev–Trinajstić information content (AvgIpc) is 3.09. The van der Waals surface area contributed by atoms with E-state index in [2.05, 4.69) is 32.9 Å². The second-order valence-corrected chi connectivity index (χ2v) is 7.17. The van der Waals surface area contributed by atoms with E-state index in [1.807, 2.05) is 59.3 Å². The lowest BCUT2D eigenvalue weighted by Gasteiger charge is -2.09. The van der Waals surface area contributed by atoms with Crippen molar-refractivity contribution in [3.63, 3.8) is 0 Å². The fourth-order valence-corrected chi connectivity index (χ4v) is 3.36. The first-order valence-corrected chi connectivity index (χ1v) is 9.29. The first-order chi connectivity index (χ1) is 12.7. The molecular formula is C20H16IN3O2. The van der Waals surface area contributed by atoms with Crippen molar-refractivity contribution in [3.05, 3.63) is 75.9 Å². The number of carbonyl (C=O) groups is 1. The Morgan fingerprint density at radius 3 is 3.00 bits per heavy atom. The summed E-state index contributed by atoms with van der Waals surface area (Å²) in [6.45, 7) is 0.488. The van der Waals surface area contributed by atoms with Crippen LogP contribution in [-0.2, 0) is 4.79 Å². The summed E-state index contributed by atoms with van der Waals surface area (Å²) in [7, 11) is 0. The predicted octanol–water partition coefficient (Wildman–Crippen LogP) is 4.28. The molecule has 6 heteroatoms. The summed E-state index contributed by atoms with van der Waals surface area (Å²) >= 11 is 2.26. The molecule has 130 valence electrons. The lowest BCUT2D eigenvalue weighted by atomic mass is 10.1. The van der Waals surface area contributed by atoms with Crippen molar-refractivity contribution >= 4 is 40.3 Å². The van der Waals surface area contributed by atoms with Gasteiger partial charge >= 0.3 is 0 Å². The van der Waals surface area contributed by atoms with Crippen molar-refractivity contribution in [2.45, 2.75) is 6.42 Å². The van der Waals surface area contributed by atoms with Crippen molar-refractivity contribution < 1.29 is 9.53 Å². The van der Waals surface area contributed by atoms with E-state index in [4.69, 9.17) is 4.74 Å². The number of amides is 1. The van der Waals surface area contributed by atoms with Crippen LogP contribution in [-0.4, -0.2) is 22.1 Å². The van der Waals surface area contributed by atoms with E-state index < -0.39 is 0 Å². The summed E-state index contributed by atoms with van der Waals surface area (Å²) in [5.74, 6) is 0.707. The van der Waals surface area contributed by atoms with Crippen molar-refractivity contribution in [3.8, 4) is 11.4 Å². The number of carbonyl (C=O) groups excluding carboxylic acids is 1. The van der Waals surface area contributed by atoms with Gasteiger partial charge in [0.15, 0.2) is 0 Å². The Morgan fingerprint density at radius 2 is 2.15 bits per heavy atom. The van der Waals surface area contributed by atoms with Gasteiger partial charge in [0.25, 0.3) is 5.91 Å². The summed E-state index contributed by atoms with van der Waals surface area (Å²) in [5.41, 5.74) is 3.33. The number of benzene rings is 2. The number of hydrogen-bond donors (Lipinski definition) is 1. The molecule has 1 aliphatic rings. The van der Waals surface area contributed by atoms with Gasteiger partial charge in [0, 0.05) is 44.9 Å². The quantitative estimate of drug-likeness (QED) is 0.598. The van der Waals surface area contributed by atoms with Gasteiger partial charge in [0.2, 0.25) is 0 Å². The second-order valence-electron chi connectivity index (χ2n) is 5.92. The SMILES string of the molecule is O=C(Nc1cccc(-n2ccnc2)c1)C1=Cc2cc(I)ccc2OCC1. The highest BCUT2D eigenvalue weighted by molar-refractivity contribution is 14.1. The monoisotopic (exact) mass is 457 g/mol. The number of halogens is 1. The van der Waals surface area contributed by atoms with Crippen molar-refractivity contribution in [1.29, 1.82) is 0 Å². The maximum absolute atomic E-state index is 12.8. The van der Waals surface area contributed by atoms with Crippen LogP contribution in [0.5, 0.6) is 5.75 Å². The van der Waals surface area contributed by atoms with Gasteiger partial charge < -0.3 is 14.6 Å². The summed E-state index contributed by atoms with van der Waals surface area (Å²) in [6, 6.07) is 13.6. The highest BCUT2D eigenvalue weighted by Gasteiger charge is 2.16. The molecule has 0 unspecified atom stereocenters. The second kappa shape index (κ2) is 7.33. The third-order valence-corrected chi connectivity index (χ3v) is 4.80. The molecule has 5 nitrogen and oxygen atoms in total. The number of ether oxygens (including phenoxy) is 1. The van der Waals surface area contributed by atoms with Gasteiger partial charge in [-0.15, -0.1) is 0 Å². The first kappa shape index (κ1) is 16.8. The number of fused-ring (bicyclic) bond motifs is 1.